The number of hydrogen-bond donors (Lipinski definition) is 3. The van der Waals surface area contributed by atoms with Gasteiger partial charge in [-0.1, -0.05) is 19.1 Å². The van der Waals surface area contributed by atoms with E-state index in [0.717, 1.165) is 5.56 Å². The molecular weight excluding hydrogens is 230 g/mol. The lowest BCUT2D eigenvalue weighted by atomic mass is 10.1. The Morgan fingerprint density at radius 1 is 1.28 bits per heavy atom. The summed E-state index contributed by atoms with van der Waals surface area (Å²) in [6.45, 7) is 2.56. The normalized spacial score (nSPS) is 11.7. The Morgan fingerprint density at radius 3 is 2.39 bits per heavy atom. The third-order valence-corrected chi connectivity index (χ3v) is 2.71. The summed E-state index contributed by atoms with van der Waals surface area (Å²) in [4.78, 5) is 22.8. The van der Waals surface area contributed by atoms with Gasteiger partial charge < -0.3 is 16.4 Å². The molecule has 1 unspecified atom stereocenters. The van der Waals surface area contributed by atoms with Gasteiger partial charge in [0.1, 0.15) is 0 Å². The molecule has 0 saturated carbocycles. The monoisotopic (exact) mass is 249 g/mol. The van der Waals surface area contributed by atoms with Crippen LogP contribution in [0.1, 0.15) is 22.8 Å². The van der Waals surface area contributed by atoms with E-state index in [9.17, 15) is 9.59 Å². The van der Waals surface area contributed by atoms with Crippen molar-refractivity contribution < 1.29 is 9.59 Å². The fourth-order valence-electron chi connectivity index (χ4n) is 1.39. The van der Waals surface area contributed by atoms with Crippen molar-refractivity contribution in [2.24, 2.45) is 11.7 Å². The highest BCUT2D eigenvalue weighted by Crippen LogP contribution is 2.04. The van der Waals surface area contributed by atoms with Crippen molar-refractivity contribution in [3.63, 3.8) is 0 Å². The predicted molar refractivity (Wildman–Crippen MR) is 69.9 cm³/mol. The van der Waals surface area contributed by atoms with Crippen molar-refractivity contribution in [3.05, 3.63) is 35.4 Å². The largest absolute Gasteiger partial charge is 0.355 e. The third kappa shape index (κ3) is 3.85. The number of nitrogens with one attached hydrogen (secondary N) is 2. The molecule has 0 aliphatic rings. The van der Waals surface area contributed by atoms with Crippen LogP contribution in [-0.2, 0) is 11.3 Å². The Labute approximate surface area is 107 Å². The lowest BCUT2D eigenvalue weighted by molar-refractivity contribution is -0.124. The fourth-order valence-corrected chi connectivity index (χ4v) is 1.39. The molecule has 1 rings (SSSR count). The van der Waals surface area contributed by atoms with E-state index in [2.05, 4.69) is 10.6 Å². The molecule has 0 saturated heterocycles. The standard InChI is InChI=1S/C13H19N3O2/c1-9(7-14)12(17)16-8-10-3-5-11(6-4-10)13(18)15-2/h3-6,9H,7-8,14H2,1-2H3,(H,15,18)(H,16,17). The molecule has 5 heteroatoms. The van der Waals surface area contributed by atoms with E-state index in [4.69, 9.17) is 5.73 Å². The third-order valence-electron chi connectivity index (χ3n) is 2.71. The molecule has 0 spiro atoms. The zero-order valence-corrected chi connectivity index (χ0v) is 10.7. The topological polar surface area (TPSA) is 84.2 Å². The quantitative estimate of drug-likeness (QED) is 0.699. The Morgan fingerprint density at radius 2 is 1.89 bits per heavy atom. The molecular formula is C13H19N3O2. The minimum absolute atomic E-state index is 0.0622. The van der Waals surface area contributed by atoms with Gasteiger partial charge >= 0.3 is 0 Å². The summed E-state index contributed by atoms with van der Waals surface area (Å²) in [6, 6.07) is 7.09. The summed E-state index contributed by atoms with van der Waals surface area (Å²) < 4.78 is 0. The van der Waals surface area contributed by atoms with E-state index in [1.807, 2.05) is 12.1 Å². The molecule has 2 amide bonds. The van der Waals surface area contributed by atoms with Gasteiger partial charge in [-0.3, -0.25) is 9.59 Å². The number of benzene rings is 1. The maximum atomic E-state index is 11.5. The summed E-state index contributed by atoms with van der Waals surface area (Å²) >= 11 is 0. The number of amides is 2. The van der Waals surface area contributed by atoms with Crippen LogP contribution in [0, 0.1) is 5.92 Å². The highest BCUT2D eigenvalue weighted by Gasteiger charge is 2.10. The van der Waals surface area contributed by atoms with Crippen LogP contribution < -0.4 is 16.4 Å². The molecule has 98 valence electrons. The van der Waals surface area contributed by atoms with E-state index in [-0.39, 0.29) is 17.7 Å². The first kappa shape index (κ1) is 14.2. The molecule has 0 aliphatic heterocycles. The van der Waals surface area contributed by atoms with Crippen molar-refractivity contribution in [3.8, 4) is 0 Å². The SMILES string of the molecule is CNC(=O)c1ccc(CNC(=O)C(C)CN)cc1. The summed E-state index contributed by atoms with van der Waals surface area (Å²) in [5.41, 5.74) is 6.95. The Hall–Kier alpha value is -1.88. The number of hydrogen-bond acceptors (Lipinski definition) is 3. The van der Waals surface area contributed by atoms with Crippen molar-refractivity contribution in [1.82, 2.24) is 10.6 Å². The minimum Gasteiger partial charge on any atom is -0.355 e. The van der Waals surface area contributed by atoms with Gasteiger partial charge in [0.25, 0.3) is 5.91 Å². The highest BCUT2D eigenvalue weighted by molar-refractivity contribution is 5.93. The smallest absolute Gasteiger partial charge is 0.251 e. The summed E-state index contributed by atoms with van der Waals surface area (Å²) in [5.74, 6) is -0.370. The van der Waals surface area contributed by atoms with Crippen LogP contribution in [0.2, 0.25) is 0 Å². The van der Waals surface area contributed by atoms with E-state index >= 15 is 0 Å². The lowest BCUT2D eigenvalue weighted by Crippen LogP contribution is -2.32. The molecule has 0 aromatic heterocycles. The maximum absolute atomic E-state index is 11.5. The Bertz CT molecular complexity index is 415. The van der Waals surface area contributed by atoms with E-state index in [1.54, 1.807) is 26.1 Å². The second-order valence-electron chi connectivity index (χ2n) is 4.13. The molecule has 1 aromatic rings. The predicted octanol–water partition coefficient (Wildman–Crippen LogP) is 0.257. The number of carbonyl (C=O) groups excluding carboxylic acids is 2. The molecule has 1 atom stereocenters. The van der Waals surface area contributed by atoms with Crippen LogP contribution in [0.3, 0.4) is 0 Å². The molecule has 0 bridgehead atoms. The van der Waals surface area contributed by atoms with Crippen LogP contribution in [0.25, 0.3) is 0 Å². The van der Waals surface area contributed by atoms with E-state index < -0.39 is 0 Å². The van der Waals surface area contributed by atoms with Gasteiger partial charge in [0.05, 0.1) is 0 Å². The van der Waals surface area contributed by atoms with Gasteiger partial charge in [0.2, 0.25) is 5.91 Å². The first-order chi connectivity index (χ1) is 8.58. The first-order valence-corrected chi connectivity index (χ1v) is 5.87. The van der Waals surface area contributed by atoms with E-state index in [1.165, 1.54) is 0 Å². The van der Waals surface area contributed by atoms with Gasteiger partial charge in [-0.05, 0) is 17.7 Å². The van der Waals surface area contributed by atoms with Crippen LogP contribution in [0.4, 0.5) is 0 Å². The van der Waals surface area contributed by atoms with Crippen molar-refractivity contribution in [2.45, 2.75) is 13.5 Å². The van der Waals surface area contributed by atoms with Crippen LogP contribution in [0.15, 0.2) is 24.3 Å². The lowest BCUT2D eigenvalue weighted by Gasteiger charge is -2.10. The van der Waals surface area contributed by atoms with Gasteiger partial charge in [0, 0.05) is 31.6 Å². The van der Waals surface area contributed by atoms with Crippen molar-refractivity contribution >= 4 is 11.8 Å². The molecule has 0 fully saturated rings. The van der Waals surface area contributed by atoms with E-state index in [0.29, 0.717) is 18.7 Å². The molecule has 5 nitrogen and oxygen atoms in total. The van der Waals surface area contributed by atoms with Crippen molar-refractivity contribution in [2.75, 3.05) is 13.6 Å². The minimum atomic E-state index is -0.185. The average molecular weight is 249 g/mol. The van der Waals surface area contributed by atoms with Crippen LogP contribution >= 0.6 is 0 Å². The average Bonchev–Trinajstić information content (AvgIpc) is 2.43. The Kier molecular flexibility index (Phi) is 5.32. The molecule has 0 aliphatic carbocycles. The first-order valence-electron chi connectivity index (χ1n) is 5.87. The highest BCUT2D eigenvalue weighted by atomic mass is 16.2. The molecule has 18 heavy (non-hydrogen) atoms. The number of nitrogens with two attached hydrogens (primary N) is 1. The molecule has 1 aromatic carbocycles. The number of carbonyl (C=O) groups is 2. The maximum Gasteiger partial charge on any atom is 0.251 e. The second-order valence-corrected chi connectivity index (χ2v) is 4.13. The second kappa shape index (κ2) is 6.76. The van der Waals surface area contributed by atoms with Crippen molar-refractivity contribution in [1.29, 1.82) is 0 Å². The molecule has 0 radical (unpaired) electrons. The summed E-state index contributed by atoms with van der Waals surface area (Å²) in [6.07, 6.45) is 0. The molecule has 4 N–H and O–H groups in total. The van der Waals surface area contributed by atoms with Crippen LogP contribution in [0.5, 0.6) is 0 Å². The van der Waals surface area contributed by atoms with Gasteiger partial charge in [-0.15, -0.1) is 0 Å². The van der Waals surface area contributed by atoms with Crippen LogP contribution in [-0.4, -0.2) is 25.4 Å². The zero-order chi connectivity index (χ0) is 13.5. The van der Waals surface area contributed by atoms with Gasteiger partial charge in [0.15, 0.2) is 0 Å². The summed E-state index contributed by atoms with van der Waals surface area (Å²) in [7, 11) is 1.59. The summed E-state index contributed by atoms with van der Waals surface area (Å²) in [5, 5.41) is 5.34. The number of rotatable bonds is 5. The fraction of sp³-hybridized carbons (Fsp3) is 0.385. The van der Waals surface area contributed by atoms with Gasteiger partial charge in [-0.2, -0.15) is 0 Å². The van der Waals surface area contributed by atoms with Gasteiger partial charge in [-0.25, -0.2) is 0 Å². The zero-order valence-electron chi connectivity index (χ0n) is 10.7. The molecule has 0 heterocycles. The Balaban J connectivity index is 2.54.